The molecule has 35 heavy (non-hydrogen) atoms. The average Bonchev–Trinajstić information content (AvgIpc) is 2.80. The number of hydrogen-bond donors (Lipinski definition) is 4. The van der Waals surface area contributed by atoms with E-state index in [0.717, 1.165) is 31.9 Å². The number of aromatic nitrogens is 2. The van der Waals surface area contributed by atoms with E-state index in [-0.39, 0.29) is 35.3 Å². The molecule has 0 bridgehead atoms. The first-order valence-corrected chi connectivity index (χ1v) is 11.3. The Kier molecular flexibility index (Phi) is 9.04. The summed E-state index contributed by atoms with van der Waals surface area (Å²) in [6.45, 7) is 2.69. The molecule has 1 aliphatic carbocycles. The van der Waals surface area contributed by atoms with E-state index in [1.54, 1.807) is 13.0 Å². The number of hydrogen-bond acceptors (Lipinski definition) is 9. The lowest BCUT2D eigenvalue weighted by atomic mass is 9.86. The average molecular weight is 499 g/mol. The maximum absolute atomic E-state index is 12.6. The van der Waals surface area contributed by atoms with Crippen LogP contribution in [0.5, 0.6) is 5.75 Å². The lowest BCUT2D eigenvalue weighted by Crippen LogP contribution is -2.38. The largest absolute Gasteiger partial charge is 0.573 e. The third-order valence-corrected chi connectivity index (χ3v) is 5.71. The van der Waals surface area contributed by atoms with Crippen molar-refractivity contribution in [2.24, 2.45) is 5.92 Å². The van der Waals surface area contributed by atoms with Gasteiger partial charge in [-0.2, -0.15) is 4.98 Å². The molecule has 1 atom stereocenters. The Balaban J connectivity index is 1.60. The molecule has 192 valence electrons. The topological polar surface area (TPSA) is 134 Å². The Morgan fingerprint density at radius 1 is 1.23 bits per heavy atom. The first kappa shape index (κ1) is 26.4. The molecule has 2 aromatic rings. The molecule has 1 aromatic heterocycles. The van der Waals surface area contributed by atoms with Crippen LogP contribution in [-0.4, -0.2) is 51.6 Å². The van der Waals surface area contributed by atoms with Crippen LogP contribution in [0.1, 0.15) is 38.2 Å². The Hall–Kier alpha value is -3.19. The minimum atomic E-state index is -4.83. The lowest BCUT2D eigenvalue weighted by molar-refractivity contribution is -0.384. The standard InChI is InChI=1S/C22H29F3N6O4/c1-14(32)10-26-17-8-6-15(7-9-17)11-27-20-18(31(33)34)13-29-21(30-20)28-12-16-4-2-3-5-19(16)35-22(23,24)25/h2-5,13-15,17,26,32H,6-12H2,1H3,(H2,27,28,29,30)/t14-,15-,17-/m0/s1. The molecule has 3 rings (SSSR count). The number of nitrogens with one attached hydrogen (secondary N) is 3. The first-order valence-electron chi connectivity index (χ1n) is 11.3. The van der Waals surface area contributed by atoms with Gasteiger partial charge in [-0.3, -0.25) is 10.1 Å². The van der Waals surface area contributed by atoms with E-state index in [1.165, 1.54) is 18.2 Å². The highest BCUT2D eigenvalue weighted by Crippen LogP contribution is 2.29. The van der Waals surface area contributed by atoms with Crippen LogP contribution in [0.2, 0.25) is 0 Å². The van der Waals surface area contributed by atoms with Gasteiger partial charge in [0.2, 0.25) is 11.8 Å². The van der Waals surface area contributed by atoms with Gasteiger partial charge in [0.1, 0.15) is 11.9 Å². The Labute approximate surface area is 200 Å². The van der Waals surface area contributed by atoms with E-state index < -0.39 is 17.4 Å². The van der Waals surface area contributed by atoms with Gasteiger partial charge in [-0.05, 0) is 44.6 Å². The number of halogens is 3. The fourth-order valence-corrected chi connectivity index (χ4v) is 3.92. The van der Waals surface area contributed by atoms with Gasteiger partial charge in [-0.25, -0.2) is 4.98 Å². The van der Waals surface area contributed by atoms with Crippen molar-refractivity contribution in [1.82, 2.24) is 15.3 Å². The third-order valence-electron chi connectivity index (χ3n) is 5.71. The monoisotopic (exact) mass is 498 g/mol. The van der Waals surface area contributed by atoms with Gasteiger partial charge in [0.05, 0.1) is 11.0 Å². The number of nitrogens with zero attached hydrogens (tertiary/aromatic N) is 3. The van der Waals surface area contributed by atoms with Crippen molar-refractivity contribution in [3.05, 3.63) is 46.1 Å². The minimum absolute atomic E-state index is 0.0333. The summed E-state index contributed by atoms with van der Waals surface area (Å²) in [5.41, 5.74) is -0.0640. The zero-order valence-corrected chi connectivity index (χ0v) is 19.2. The molecule has 0 spiro atoms. The SMILES string of the molecule is C[C@H](O)CN[C@H]1CC[C@H](CNc2nc(NCc3ccccc3OC(F)(F)F)ncc2[N+](=O)[O-])CC1. The van der Waals surface area contributed by atoms with Crippen LogP contribution in [0, 0.1) is 16.0 Å². The Bertz CT molecular complexity index is 984. The predicted molar refractivity (Wildman–Crippen MR) is 123 cm³/mol. The predicted octanol–water partition coefficient (Wildman–Crippen LogP) is 3.84. The Morgan fingerprint density at radius 3 is 2.60 bits per heavy atom. The fraction of sp³-hybridized carbons (Fsp3) is 0.545. The maximum atomic E-state index is 12.6. The summed E-state index contributed by atoms with van der Waals surface area (Å²) in [5.74, 6) is 0.0240. The van der Waals surface area contributed by atoms with Crippen molar-refractivity contribution in [1.29, 1.82) is 0 Å². The van der Waals surface area contributed by atoms with Crippen molar-refractivity contribution in [3.8, 4) is 5.75 Å². The molecule has 0 unspecified atom stereocenters. The zero-order valence-electron chi connectivity index (χ0n) is 19.2. The zero-order chi connectivity index (χ0) is 25.4. The van der Waals surface area contributed by atoms with Crippen LogP contribution in [0.15, 0.2) is 30.5 Å². The quantitative estimate of drug-likeness (QED) is 0.269. The molecule has 1 aliphatic rings. The molecule has 1 fully saturated rings. The maximum Gasteiger partial charge on any atom is 0.573 e. The summed E-state index contributed by atoms with van der Waals surface area (Å²) in [4.78, 5) is 18.9. The smallest absolute Gasteiger partial charge is 0.405 e. The van der Waals surface area contributed by atoms with Gasteiger partial charge >= 0.3 is 12.0 Å². The molecular formula is C22H29F3N6O4. The number of para-hydroxylation sites is 1. The van der Waals surface area contributed by atoms with Gasteiger partial charge < -0.3 is 25.8 Å². The molecule has 1 saturated carbocycles. The van der Waals surface area contributed by atoms with Gasteiger partial charge in [-0.15, -0.1) is 13.2 Å². The number of nitro groups is 1. The van der Waals surface area contributed by atoms with Crippen LogP contribution in [0.4, 0.5) is 30.6 Å². The number of alkyl halides is 3. The minimum Gasteiger partial charge on any atom is -0.405 e. The van der Waals surface area contributed by atoms with Crippen molar-refractivity contribution in [2.75, 3.05) is 23.7 Å². The summed E-state index contributed by atoms with van der Waals surface area (Å²) in [5, 5.41) is 30.0. The number of rotatable bonds is 11. The van der Waals surface area contributed by atoms with Crippen LogP contribution in [0.25, 0.3) is 0 Å². The summed E-state index contributed by atoms with van der Waals surface area (Å²) < 4.78 is 41.9. The summed E-state index contributed by atoms with van der Waals surface area (Å²) >= 11 is 0. The summed E-state index contributed by atoms with van der Waals surface area (Å²) in [6.07, 6.45) is -0.444. The number of ether oxygens (including phenoxy) is 1. The molecule has 0 radical (unpaired) electrons. The normalized spacial score (nSPS) is 19.1. The highest BCUT2D eigenvalue weighted by Gasteiger charge is 2.32. The number of anilines is 2. The van der Waals surface area contributed by atoms with Crippen LogP contribution < -0.4 is 20.7 Å². The molecule has 1 aromatic carbocycles. The first-order chi connectivity index (χ1) is 16.6. The molecule has 1 heterocycles. The molecule has 0 saturated heterocycles. The third kappa shape index (κ3) is 8.51. The highest BCUT2D eigenvalue weighted by atomic mass is 19.4. The van der Waals surface area contributed by atoms with E-state index in [1.807, 2.05) is 0 Å². The molecule has 10 nitrogen and oxygen atoms in total. The highest BCUT2D eigenvalue weighted by molar-refractivity contribution is 5.57. The van der Waals surface area contributed by atoms with Crippen LogP contribution >= 0.6 is 0 Å². The van der Waals surface area contributed by atoms with Gasteiger partial charge in [0, 0.05) is 31.2 Å². The molecular weight excluding hydrogens is 469 g/mol. The molecule has 0 amide bonds. The van der Waals surface area contributed by atoms with Crippen molar-refractivity contribution >= 4 is 17.5 Å². The number of aliphatic hydroxyl groups is 1. The van der Waals surface area contributed by atoms with Crippen molar-refractivity contribution in [3.63, 3.8) is 0 Å². The molecule has 4 N–H and O–H groups in total. The van der Waals surface area contributed by atoms with Crippen LogP contribution in [0.3, 0.4) is 0 Å². The Morgan fingerprint density at radius 2 is 1.94 bits per heavy atom. The van der Waals surface area contributed by atoms with Gasteiger partial charge in [0.15, 0.2) is 0 Å². The van der Waals surface area contributed by atoms with E-state index in [2.05, 4.69) is 30.7 Å². The summed E-state index contributed by atoms with van der Waals surface area (Å²) in [7, 11) is 0. The van der Waals surface area contributed by atoms with E-state index in [0.29, 0.717) is 25.0 Å². The molecule has 0 aliphatic heterocycles. The molecule has 13 heteroatoms. The fourth-order valence-electron chi connectivity index (χ4n) is 3.92. The van der Waals surface area contributed by atoms with E-state index >= 15 is 0 Å². The second kappa shape index (κ2) is 12.0. The lowest BCUT2D eigenvalue weighted by Gasteiger charge is -2.29. The summed E-state index contributed by atoms with van der Waals surface area (Å²) in [6, 6.07) is 5.99. The second-order valence-corrected chi connectivity index (χ2v) is 8.55. The van der Waals surface area contributed by atoms with E-state index in [4.69, 9.17) is 0 Å². The van der Waals surface area contributed by atoms with Gasteiger partial charge in [0.25, 0.3) is 0 Å². The van der Waals surface area contributed by atoms with Crippen LogP contribution in [-0.2, 0) is 6.54 Å². The number of aliphatic hydroxyl groups excluding tert-OH is 1. The number of benzene rings is 1. The van der Waals surface area contributed by atoms with Gasteiger partial charge in [-0.1, -0.05) is 18.2 Å². The van der Waals surface area contributed by atoms with Crippen molar-refractivity contribution in [2.45, 2.75) is 57.7 Å². The van der Waals surface area contributed by atoms with Crippen molar-refractivity contribution < 1.29 is 27.9 Å². The van der Waals surface area contributed by atoms with E-state index in [9.17, 15) is 28.4 Å². The second-order valence-electron chi connectivity index (χ2n) is 8.55.